The topological polar surface area (TPSA) is 83.0 Å². The molecule has 0 radical (unpaired) electrons. The summed E-state index contributed by atoms with van der Waals surface area (Å²) >= 11 is 0. The highest BCUT2D eigenvalue weighted by Crippen LogP contribution is 2.18. The van der Waals surface area contributed by atoms with E-state index in [0.717, 1.165) is 51.0 Å². The summed E-state index contributed by atoms with van der Waals surface area (Å²) in [6, 6.07) is 0.390. The van der Waals surface area contributed by atoms with Crippen LogP contribution in [0.3, 0.4) is 0 Å². The molecule has 0 unspecified atom stereocenters. The van der Waals surface area contributed by atoms with Gasteiger partial charge in [-0.1, -0.05) is 0 Å². The normalized spacial score (nSPS) is 22.7. The first-order valence-electron chi connectivity index (χ1n) is 7.95. The van der Waals surface area contributed by atoms with Gasteiger partial charge < -0.3 is 20.5 Å². The predicted octanol–water partition coefficient (Wildman–Crippen LogP) is 1.19. The molecule has 6 nitrogen and oxygen atoms in total. The van der Waals surface area contributed by atoms with Gasteiger partial charge in [-0.05, 0) is 45.4 Å². The Morgan fingerprint density at radius 1 is 1.29 bits per heavy atom. The van der Waals surface area contributed by atoms with Gasteiger partial charge in [0.25, 0.3) is 0 Å². The summed E-state index contributed by atoms with van der Waals surface area (Å²) in [5, 5.41) is 16.2. The van der Waals surface area contributed by atoms with E-state index in [2.05, 4.69) is 20.4 Å². The molecule has 0 amide bonds. The highest BCUT2D eigenvalue weighted by Gasteiger charge is 2.19. The van der Waals surface area contributed by atoms with E-state index in [4.69, 9.17) is 0 Å². The number of nitrogens with zero attached hydrogens (tertiary/aromatic N) is 1. The molecule has 0 spiro atoms. The zero-order valence-corrected chi connectivity index (χ0v) is 13.2. The van der Waals surface area contributed by atoms with Crippen LogP contribution in [-0.2, 0) is 9.53 Å². The number of carbonyl (C=O) groups is 1. The molecule has 1 rings (SSSR count). The number of guanidine groups is 1. The number of ether oxygens (including phenoxy) is 1. The minimum absolute atomic E-state index is 0.138. The number of hydrogen-bond acceptors (Lipinski definition) is 4. The van der Waals surface area contributed by atoms with Crippen molar-refractivity contribution in [2.45, 2.75) is 64.0 Å². The van der Waals surface area contributed by atoms with Gasteiger partial charge in [0.1, 0.15) is 0 Å². The Labute approximate surface area is 127 Å². The largest absolute Gasteiger partial charge is 0.469 e. The molecule has 0 atom stereocenters. The van der Waals surface area contributed by atoms with Crippen molar-refractivity contribution in [1.29, 1.82) is 0 Å². The second-order valence-electron chi connectivity index (χ2n) is 5.44. The van der Waals surface area contributed by atoms with Gasteiger partial charge in [0.05, 0.1) is 13.2 Å². The first-order valence-corrected chi connectivity index (χ1v) is 7.95. The summed E-state index contributed by atoms with van der Waals surface area (Å²) in [6.07, 6.45) is 5.66. The third kappa shape index (κ3) is 7.90. The number of unbranched alkanes of at least 4 members (excludes halogenated alkanes) is 1. The van der Waals surface area contributed by atoms with Crippen LogP contribution in [0, 0.1) is 0 Å². The van der Waals surface area contributed by atoms with Gasteiger partial charge in [0, 0.05) is 25.6 Å². The molecule has 0 saturated heterocycles. The quantitative estimate of drug-likeness (QED) is 0.285. The van der Waals surface area contributed by atoms with E-state index in [1.165, 1.54) is 7.11 Å². The minimum Gasteiger partial charge on any atom is -0.469 e. The van der Waals surface area contributed by atoms with Gasteiger partial charge in [-0.15, -0.1) is 0 Å². The molecule has 0 aromatic heterocycles. The van der Waals surface area contributed by atoms with Crippen molar-refractivity contribution >= 4 is 11.9 Å². The van der Waals surface area contributed by atoms with Gasteiger partial charge in [0.15, 0.2) is 5.96 Å². The zero-order valence-electron chi connectivity index (χ0n) is 13.2. The number of methoxy groups -OCH3 is 1. The molecule has 21 heavy (non-hydrogen) atoms. The van der Waals surface area contributed by atoms with Gasteiger partial charge in [-0.3, -0.25) is 9.79 Å². The number of nitrogens with one attached hydrogen (secondary N) is 2. The van der Waals surface area contributed by atoms with E-state index < -0.39 is 0 Å². The maximum Gasteiger partial charge on any atom is 0.305 e. The maximum atomic E-state index is 11.0. The van der Waals surface area contributed by atoms with E-state index >= 15 is 0 Å². The van der Waals surface area contributed by atoms with Gasteiger partial charge in [0.2, 0.25) is 0 Å². The lowest BCUT2D eigenvalue weighted by Gasteiger charge is -2.27. The number of aliphatic hydroxyl groups is 1. The van der Waals surface area contributed by atoms with Crippen molar-refractivity contribution in [2.24, 2.45) is 4.99 Å². The van der Waals surface area contributed by atoms with Gasteiger partial charge in [-0.25, -0.2) is 0 Å². The van der Waals surface area contributed by atoms with Crippen molar-refractivity contribution in [3.63, 3.8) is 0 Å². The van der Waals surface area contributed by atoms with Crippen molar-refractivity contribution in [3.8, 4) is 0 Å². The van der Waals surface area contributed by atoms with E-state index in [-0.39, 0.29) is 12.1 Å². The number of aliphatic hydroxyl groups excluding tert-OH is 1. The smallest absolute Gasteiger partial charge is 0.305 e. The monoisotopic (exact) mass is 299 g/mol. The molecule has 1 fully saturated rings. The molecule has 1 aliphatic carbocycles. The predicted molar refractivity (Wildman–Crippen MR) is 83.2 cm³/mol. The fourth-order valence-electron chi connectivity index (χ4n) is 2.41. The average Bonchev–Trinajstić information content (AvgIpc) is 2.49. The third-order valence-corrected chi connectivity index (χ3v) is 3.67. The molecule has 3 N–H and O–H groups in total. The molecule has 0 aromatic carbocycles. The van der Waals surface area contributed by atoms with Crippen LogP contribution in [0.2, 0.25) is 0 Å². The van der Waals surface area contributed by atoms with E-state index in [1.54, 1.807) is 0 Å². The number of hydrogen-bond donors (Lipinski definition) is 3. The molecular weight excluding hydrogens is 270 g/mol. The minimum atomic E-state index is -0.162. The van der Waals surface area contributed by atoms with E-state index in [9.17, 15) is 9.90 Å². The van der Waals surface area contributed by atoms with Crippen LogP contribution in [0.4, 0.5) is 0 Å². The lowest BCUT2D eigenvalue weighted by molar-refractivity contribution is -0.140. The second-order valence-corrected chi connectivity index (χ2v) is 5.44. The van der Waals surface area contributed by atoms with Crippen molar-refractivity contribution in [2.75, 3.05) is 20.2 Å². The van der Waals surface area contributed by atoms with E-state index in [1.807, 2.05) is 6.92 Å². The number of esters is 1. The Morgan fingerprint density at radius 3 is 2.62 bits per heavy atom. The summed E-state index contributed by atoms with van der Waals surface area (Å²) in [5.74, 6) is 0.668. The van der Waals surface area contributed by atoms with Gasteiger partial charge >= 0.3 is 5.97 Å². The summed E-state index contributed by atoms with van der Waals surface area (Å²) in [4.78, 5) is 15.5. The fourth-order valence-corrected chi connectivity index (χ4v) is 2.41. The Bertz CT molecular complexity index is 326. The fraction of sp³-hybridized carbons (Fsp3) is 0.867. The molecule has 6 heteroatoms. The Balaban J connectivity index is 2.27. The lowest BCUT2D eigenvalue weighted by Crippen LogP contribution is -2.45. The summed E-state index contributed by atoms with van der Waals surface area (Å²) in [7, 11) is 1.41. The zero-order chi connectivity index (χ0) is 15.5. The lowest BCUT2D eigenvalue weighted by atomic mass is 9.93. The summed E-state index contributed by atoms with van der Waals surface area (Å²) in [5.41, 5.74) is 0. The molecular formula is C15H29N3O3. The van der Waals surface area contributed by atoms with Crippen LogP contribution < -0.4 is 10.6 Å². The Kier molecular flexibility index (Phi) is 8.82. The van der Waals surface area contributed by atoms with Crippen LogP contribution in [0.15, 0.2) is 4.99 Å². The maximum absolute atomic E-state index is 11.0. The highest BCUT2D eigenvalue weighted by molar-refractivity contribution is 5.80. The summed E-state index contributed by atoms with van der Waals surface area (Å²) in [6.45, 7) is 3.56. The molecule has 0 aliphatic heterocycles. The molecule has 1 aliphatic rings. The van der Waals surface area contributed by atoms with Crippen LogP contribution in [0.5, 0.6) is 0 Å². The molecule has 1 saturated carbocycles. The van der Waals surface area contributed by atoms with Crippen LogP contribution in [0.25, 0.3) is 0 Å². The second kappa shape index (κ2) is 10.4. The first kappa shape index (κ1) is 17.8. The van der Waals surface area contributed by atoms with Crippen LogP contribution in [-0.4, -0.2) is 49.4 Å². The standard InChI is InChI=1S/C15H29N3O3/c1-3-16-15(17-11-5-4-6-14(20)21-2)18-12-7-9-13(19)10-8-12/h12-13,19H,3-11H2,1-2H3,(H2,16,17,18). The molecule has 0 heterocycles. The van der Waals surface area contributed by atoms with Crippen molar-refractivity contribution < 1.29 is 14.6 Å². The van der Waals surface area contributed by atoms with Gasteiger partial charge in [-0.2, -0.15) is 0 Å². The first-order chi connectivity index (χ1) is 10.2. The van der Waals surface area contributed by atoms with Crippen LogP contribution >= 0.6 is 0 Å². The number of carbonyl (C=O) groups excluding carboxylic acids is 1. The Morgan fingerprint density at radius 2 is 2.00 bits per heavy atom. The SMILES string of the molecule is CCNC(=NCCCCC(=O)OC)NC1CCC(O)CC1. The average molecular weight is 299 g/mol. The number of aliphatic imine (C=N–C) groups is 1. The van der Waals surface area contributed by atoms with E-state index in [0.29, 0.717) is 19.0 Å². The Hall–Kier alpha value is -1.30. The van der Waals surface area contributed by atoms with Crippen LogP contribution in [0.1, 0.15) is 51.9 Å². The molecule has 122 valence electrons. The number of rotatable bonds is 7. The molecule has 0 bridgehead atoms. The van der Waals surface area contributed by atoms with Crippen molar-refractivity contribution in [3.05, 3.63) is 0 Å². The third-order valence-electron chi connectivity index (χ3n) is 3.67. The highest BCUT2D eigenvalue weighted by atomic mass is 16.5. The summed E-state index contributed by atoms with van der Waals surface area (Å²) < 4.78 is 4.61. The molecule has 0 aromatic rings. The van der Waals surface area contributed by atoms with Crippen molar-refractivity contribution in [1.82, 2.24) is 10.6 Å².